The van der Waals surface area contributed by atoms with Gasteiger partial charge in [0.1, 0.15) is 0 Å². The van der Waals surface area contributed by atoms with E-state index in [1.807, 2.05) is 24.2 Å². The number of ether oxygens (including phenoxy) is 1. The zero-order valence-corrected chi connectivity index (χ0v) is 12.9. The molecule has 1 fully saturated rings. The number of benzene rings is 1. The molecule has 3 nitrogen and oxygen atoms in total. The summed E-state index contributed by atoms with van der Waals surface area (Å²) in [5, 5.41) is 0. The highest BCUT2D eigenvalue weighted by Gasteiger charge is 2.10. The first-order valence-electron chi connectivity index (χ1n) is 7.36. The maximum Gasteiger partial charge on any atom is 0.0642 e. The minimum absolute atomic E-state index is 0.836. The lowest BCUT2D eigenvalue weighted by atomic mass is 10.2. The van der Waals surface area contributed by atoms with E-state index in [0.29, 0.717) is 0 Å². The van der Waals surface area contributed by atoms with Crippen molar-refractivity contribution in [2.75, 3.05) is 37.0 Å². The molecule has 0 saturated carbocycles. The van der Waals surface area contributed by atoms with Gasteiger partial charge in [-0.3, -0.25) is 4.98 Å². The van der Waals surface area contributed by atoms with Crippen LogP contribution in [0.1, 0.15) is 5.56 Å². The van der Waals surface area contributed by atoms with Crippen LogP contribution in [0.25, 0.3) is 0 Å². The monoisotopic (exact) mass is 300 g/mol. The van der Waals surface area contributed by atoms with Crippen molar-refractivity contribution in [3.63, 3.8) is 0 Å². The molecule has 2 heterocycles. The lowest BCUT2D eigenvalue weighted by molar-refractivity contribution is 0.122. The normalized spacial score (nSPS) is 15.1. The summed E-state index contributed by atoms with van der Waals surface area (Å²) in [6.45, 7) is 3.66. The largest absolute Gasteiger partial charge is 0.378 e. The zero-order chi connectivity index (χ0) is 14.3. The van der Waals surface area contributed by atoms with Gasteiger partial charge in [-0.2, -0.15) is 0 Å². The van der Waals surface area contributed by atoms with Crippen molar-refractivity contribution < 1.29 is 4.74 Å². The number of hydrogen-bond acceptors (Lipinski definition) is 4. The van der Waals surface area contributed by atoms with Crippen molar-refractivity contribution in [2.45, 2.75) is 11.3 Å². The second-order valence-electron chi connectivity index (χ2n) is 5.05. The number of aromatic nitrogens is 1. The molecule has 0 radical (unpaired) electrons. The summed E-state index contributed by atoms with van der Waals surface area (Å²) in [5.41, 5.74) is 2.65. The molecule has 21 heavy (non-hydrogen) atoms. The molecule has 0 aliphatic carbocycles. The Bertz CT molecular complexity index is 538. The second-order valence-corrected chi connectivity index (χ2v) is 6.22. The van der Waals surface area contributed by atoms with Crippen molar-refractivity contribution in [3.8, 4) is 0 Å². The van der Waals surface area contributed by atoms with Gasteiger partial charge >= 0.3 is 0 Å². The average Bonchev–Trinajstić information content (AvgIpc) is 2.57. The van der Waals surface area contributed by atoms with Crippen molar-refractivity contribution in [2.24, 2.45) is 0 Å². The Kier molecular flexibility index (Phi) is 5.13. The Balaban J connectivity index is 1.50. The number of morpholine rings is 1. The van der Waals surface area contributed by atoms with Gasteiger partial charge in [0, 0.05) is 41.8 Å². The number of aryl methyl sites for hydroxylation is 1. The van der Waals surface area contributed by atoms with E-state index in [0.717, 1.165) is 38.5 Å². The molecular weight excluding hydrogens is 280 g/mol. The van der Waals surface area contributed by atoms with Crippen LogP contribution in [0.2, 0.25) is 0 Å². The highest BCUT2D eigenvalue weighted by Crippen LogP contribution is 2.23. The van der Waals surface area contributed by atoms with Crippen LogP contribution in [0.4, 0.5) is 5.69 Å². The third-order valence-corrected chi connectivity index (χ3v) is 4.64. The summed E-state index contributed by atoms with van der Waals surface area (Å²) in [4.78, 5) is 7.76. The highest BCUT2D eigenvalue weighted by atomic mass is 32.2. The van der Waals surface area contributed by atoms with Gasteiger partial charge in [0.25, 0.3) is 0 Å². The Labute approximate surface area is 130 Å². The summed E-state index contributed by atoms with van der Waals surface area (Å²) in [5.74, 6) is 1.10. The van der Waals surface area contributed by atoms with Crippen LogP contribution in [0.3, 0.4) is 0 Å². The van der Waals surface area contributed by atoms with Crippen LogP contribution in [-0.2, 0) is 11.2 Å². The summed E-state index contributed by atoms with van der Waals surface area (Å²) in [6, 6.07) is 13.1. The van der Waals surface area contributed by atoms with E-state index in [4.69, 9.17) is 4.74 Å². The summed E-state index contributed by atoms with van der Waals surface area (Å²) in [7, 11) is 0. The van der Waals surface area contributed by atoms with Crippen LogP contribution in [0.5, 0.6) is 0 Å². The summed E-state index contributed by atoms with van der Waals surface area (Å²) < 4.78 is 5.39. The van der Waals surface area contributed by atoms with Gasteiger partial charge in [0.2, 0.25) is 0 Å². The van der Waals surface area contributed by atoms with Crippen molar-refractivity contribution >= 4 is 17.4 Å². The zero-order valence-electron chi connectivity index (χ0n) is 12.1. The van der Waals surface area contributed by atoms with E-state index < -0.39 is 0 Å². The van der Waals surface area contributed by atoms with Crippen molar-refractivity contribution in [1.82, 2.24) is 4.98 Å². The van der Waals surface area contributed by atoms with E-state index in [1.54, 1.807) is 0 Å². The number of thioether (sulfide) groups is 1. The molecule has 1 aliphatic heterocycles. The summed E-state index contributed by atoms with van der Waals surface area (Å²) in [6.07, 6.45) is 4.80. The standard InChI is InChI=1S/C17H20N2OS/c1-3-17(21-14-7-15-5-8-18-9-6-15)4-2-16(1)19-10-12-20-13-11-19/h1-6,8-9H,7,10-14H2. The van der Waals surface area contributed by atoms with Crippen molar-refractivity contribution in [1.29, 1.82) is 0 Å². The predicted octanol–water partition coefficient (Wildman–Crippen LogP) is 3.25. The molecule has 0 amide bonds. The molecule has 0 spiro atoms. The maximum atomic E-state index is 5.39. The van der Waals surface area contributed by atoms with Gasteiger partial charge < -0.3 is 9.64 Å². The number of hydrogen-bond donors (Lipinski definition) is 0. The molecule has 1 saturated heterocycles. The number of pyridine rings is 1. The molecule has 3 rings (SSSR count). The fourth-order valence-corrected chi connectivity index (χ4v) is 3.31. The lowest BCUT2D eigenvalue weighted by Crippen LogP contribution is -2.36. The topological polar surface area (TPSA) is 25.4 Å². The van der Waals surface area contributed by atoms with E-state index in [1.165, 1.54) is 16.1 Å². The molecule has 0 atom stereocenters. The predicted molar refractivity (Wildman–Crippen MR) is 88.1 cm³/mol. The first-order chi connectivity index (χ1) is 10.4. The van der Waals surface area contributed by atoms with E-state index >= 15 is 0 Å². The Morgan fingerprint density at radius 1 is 1.00 bits per heavy atom. The molecule has 0 N–H and O–H groups in total. The molecule has 2 aromatic rings. The molecule has 1 aliphatic rings. The molecule has 0 bridgehead atoms. The number of rotatable bonds is 5. The summed E-state index contributed by atoms with van der Waals surface area (Å²) >= 11 is 1.91. The minimum atomic E-state index is 0.836. The van der Waals surface area contributed by atoms with Gasteiger partial charge in [-0.25, -0.2) is 0 Å². The molecule has 0 unspecified atom stereocenters. The van der Waals surface area contributed by atoms with E-state index in [2.05, 4.69) is 46.3 Å². The highest BCUT2D eigenvalue weighted by molar-refractivity contribution is 7.99. The molecule has 1 aromatic heterocycles. The van der Waals surface area contributed by atoms with E-state index in [9.17, 15) is 0 Å². The Morgan fingerprint density at radius 3 is 2.43 bits per heavy atom. The van der Waals surface area contributed by atoms with Crippen LogP contribution in [0, 0.1) is 0 Å². The maximum absolute atomic E-state index is 5.39. The molecule has 4 heteroatoms. The van der Waals surface area contributed by atoms with Crippen LogP contribution in [-0.4, -0.2) is 37.0 Å². The lowest BCUT2D eigenvalue weighted by Gasteiger charge is -2.28. The van der Waals surface area contributed by atoms with E-state index in [-0.39, 0.29) is 0 Å². The third kappa shape index (κ3) is 4.22. The molecule has 110 valence electrons. The van der Waals surface area contributed by atoms with Crippen LogP contribution in [0.15, 0.2) is 53.7 Å². The van der Waals surface area contributed by atoms with Gasteiger partial charge in [-0.15, -0.1) is 11.8 Å². The van der Waals surface area contributed by atoms with Crippen LogP contribution < -0.4 is 4.90 Å². The van der Waals surface area contributed by atoms with Crippen molar-refractivity contribution in [3.05, 3.63) is 54.4 Å². The number of nitrogens with zero attached hydrogens (tertiary/aromatic N) is 2. The SMILES string of the molecule is c1cc(CCSc2ccc(N3CCOCC3)cc2)ccn1. The van der Waals surface area contributed by atoms with Gasteiger partial charge in [0.05, 0.1) is 13.2 Å². The van der Waals surface area contributed by atoms with Crippen LogP contribution >= 0.6 is 11.8 Å². The third-order valence-electron chi connectivity index (χ3n) is 3.62. The minimum Gasteiger partial charge on any atom is -0.378 e. The smallest absolute Gasteiger partial charge is 0.0642 e. The quantitative estimate of drug-likeness (QED) is 0.792. The fourth-order valence-electron chi connectivity index (χ4n) is 2.41. The van der Waals surface area contributed by atoms with Gasteiger partial charge in [-0.1, -0.05) is 0 Å². The fraction of sp³-hybridized carbons (Fsp3) is 0.353. The Morgan fingerprint density at radius 2 is 1.71 bits per heavy atom. The first kappa shape index (κ1) is 14.4. The van der Waals surface area contributed by atoms with Gasteiger partial charge in [0.15, 0.2) is 0 Å². The molecular formula is C17H20N2OS. The average molecular weight is 300 g/mol. The number of anilines is 1. The first-order valence-corrected chi connectivity index (χ1v) is 8.35. The Hall–Kier alpha value is -1.52. The van der Waals surface area contributed by atoms with Gasteiger partial charge in [-0.05, 0) is 48.4 Å². The second kappa shape index (κ2) is 7.48. The molecule has 1 aromatic carbocycles.